The van der Waals surface area contributed by atoms with E-state index in [9.17, 15) is 19.2 Å². The molecule has 2 N–H and O–H groups in total. The van der Waals surface area contributed by atoms with E-state index in [0.717, 1.165) is 12.7 Å². The second kappa shape index (κ2) is 10.4. The Morgan fingerprint density at radius 1 is 1.00 bits per heavy atom. The van der Waals surface area contributed by atoms with E-state index in [1.807, 2.05) is 18.2 Å². The molecular formula is C28H28N2O8. The lowest BCUT2D eigenvalue weighted by Crippen LogP contribution is -2.51. The Morgan fingerprint density at radius 3 is 2.32 bits per heavy atom. The van der Waals surface area contributed by atoms with Crippen LogP contribution in [0.15, 0.2) is 77.4 Å². The zero-order valence-corrected chi connectivity index (χ0v) is 21.5. The van der Waals surface area contributed by atoms with Gasteiger partial charge in [-0.15, -0.1) is 0 Å². The van der Waals surface area contributed by atoms with Gasteiger partial charge in [0.05, 0.1) is 13.2 Å². The van der Waals surface area contributed by atoms with E-state index in [1.165, 1.54) is 11.8 Å². The molecule has 0 radical (unpaired) electrons. The molecule has 38 heavy (non-hydrogen) atoms. The van der Waals surface area contributed by atoms with Crippen LogP contribution in [0, 0.1) is 0 Å². The number of nitrogens with two attached hydrogens (primary N) is 1. The molecule has 1 amide bonds. The zero-order valence-electron chi connectivity index (χ0n) is 21.5. The van der Waals surface area contributed by atoms with Gasteiger partial charge in [-0.25, -0.2) is 9.59 Å². The van der Waals surface area contributed by atoms with Crippen molar-refractivity contribution < 1.29 is 38.1 Å². The maximum absolute atomic E-state index is 14.4. The summed E-state index contributed by atoms with van der Waals surface area (Å²) in [7, 11) is 1.12. The third-order valence-corrected chi connectivity index (χ3v) is 6.24. The van der Waals surface area contributed by atoms with Crippen LogP contribution in [0.4, 0.5) is 5.69 Å². The molecule has 2 aromatic carbocycles. The molecule has 2 aromatic rings. The summed E-state index contributed by atoms with van der Waals surface area (Å²) in [5.74, 6) is -3.71. The molecule has 0 unspecified atom stereocenters. The number of methoxy groups -OCH3 is 1. The highest BCUT2D eigenvalue weighted by molar-refractivity contribution is 6.23. The van der Waals surface area contributed by atoms with Crippen LogP contribution in [0.1, 0.15) is 31.9 Å². The molecule has 2 aliphatic rings. The molecule has 0 saturated carbocycles. The number of hydrogen-bond donors (Lipinski definition) is 1. The largest absolute Gasteiger partial charge is 0.465 e. The lowest BCUT2D eigenvalue weighted by Gasteiger charge is -2.36. The van der Waals surface area contributed by atoms with Crippen LogP contribution in [0.2, 0.25) is 0 Å². The quantitative estimate of drug-likeness (QED) is 0.432. The van der Waals surface area contributed by atoms with Gasteiger partial charge in [-0.1, -0.05) is 48.5 Å². The summed E-state index contributed by atoms with van der Waals surface area (Å²) in [6.45, 7) is 4.27. The van der Waals surface area contributed by atoms with Crippen molar-refractivity contribution in [2.24, 2.45) is 5.73 Å². The highest BCUT2D eigenvalue weighted by Crippen LogP contribution is 2.54. The molecule has 10 heteroatoms. The monoisotopic (exact) mass is 520 g/mol. The van der Waals surface area contributed by atoms with E-state index in [-0.39, 0.29) is 29.1 Å². The van der Waals surface area contributed by atoms with Crippen molar-refractivity contribution in [3.05, 3.63) is 88.5 Å². The van der Waals surface area contributed by atoms with Crippen molar-refractivity contribution in [2.45, 2.75) is 38.9 Å². The Morgan fingerprint density at radius 2 is 1.66 bits per heavy atom. The molecule has 10 nitrogen and oxygen atoms in total. The summed E-state index contributed by atoms with van der Waals surface area (Å²) in [4.78, 5) is 55.0. The van der Waals surface area contributed by atoms with E-state index < -0.39 is 47.8 Å². The summed E-state index contributed by atoms with van der Waals surface area (Å²) < 4.78 is 21.4. The van der Waals surface area contributed by atoms with Crippen LogP contribution in [0.25, 0.3) is 0 Å². The Kier molecular flexibility index (Phi) is 7.25. The first-order valence-corrected chi connectivity index (χ1v) is 11.9. The average Bonchev–Trinajstić information content (AvgIpc) is 3.10. The van der Waals surface area contributed by atoms with E-state index in [4.69, 9.17) is 24.7 Å². The highest BCUT2D eigenvalue weighted by atomic mass is 16.6. The lowest BCUT2D eigenvalue weighted by molar-refractivity contribution is -0.145. The number of para-hydroxylation sites is 1. The first-order valence-electron chi connectivity index (χ1n) is 11.9. The fourth-order valence-corrected chi connectivity index (χ4v) is 4.77. The molecule has 0 aliphatic carbocycles. The molecule has 1 spiro atoms. The third kappa shape index (κ3) is 4.38. The molecule has 2 aliphatic heterocycles. The maximum Gasteiger partial charge on any atom is 0.340 e. The molecule has 0 bridgehead atoms. The standard InChI is InChI=1S/C28H28N2O8/c1-16(2)37-26(33)22-17(3)38-24(29)23(25(32)35-4)28(22)19-12-8-9-13-20(19)30(27(28)34)14-21(31)36-15-18-10-6-5-7-11-18/h5-13,16H,14-15,29H2,1-4H3/t28-/m1/s1. The first-order chi connectivity index (χ1) is 18.1. The van der Waals surface area contributed by atoms with Crippen LogP contribution in [0.3, 0.4) is 0 Å². The van der Waals surface area contributed by atoms with Gasteiger partial charge < -0.3 is 24.7 Å². The van der Waals surface area contributed by atoms with Crippen molar-refractivity contribution in [3.63, 3.8) is 0 Å². The van der Waals surface area contributed by atoms with Crippen LogP contribution in [0.5, 0.6) is 0 Å². The Bertz CT molecular complexity index is 1360. The first kappa shape index (κ1) is 26.5. The SMILES string of the molecule is COC(=O)C1=C(N)OC(C)=C(C(=O)OC(C)C)[C@@]12C(=O)N(CC(=O)OCc1ccccc1)c1ccccc12. The molecule has 0 fully saturated rings. The van der Waals surface area contributed by atoms with Crippen LogP contribution in [-0.4, -0.2) is 43.6 Å². The molecule has 4 rings (SSSR count). The molecular weight excluding hydrogens is 492 g/mol. The lowest BCUT2D eigenvalue weighted by atomic mass is 9.67. The maximum atomic E-state index is 14.4. The molecule has 0 saturated heterocycles. The number of nitrogens with zero attached hydrogens (tertiary/aromatic N) is 1. The summed E-state index contributed by atoms with van der Waals surface area (Å²) in [5, 5.41) is 0. The van der Waals surface area contributed by atoms with Crippen LogP contribution < -0.4 is 10.6 Å². The van der Waals surface area contributed by atoms with Gasteiger partial charge in [-0.05, 0) is 32.4 Å². The summed E-state index contributed by atoms with van der Waals surface area (Å²) in [6.07, 6.45) is -0.541. The number of carbonyl (C=O) groups excluding carboxylic acids is 4. The second-order valence-electron chi connectivity index (χ2n) is 9.02. The number of esters is 3. The number of benzene rings is 2. The average molecular weight is 521 g/mol. The summed E-state index contributed by atoms with van der Waals surface area (Å²) in [6, 6.07) is 15.6. The smallest absolute Gasteiger partial charge is 0.340 e. The summed E-state index contributed by atoms with van der Waals surface area (Å²) in [5.41, 5.74) is 4.81. The van der Waals surface area contributed by atoms with Crippen LogP contribution in [-0.2, 0) is 50.1 Å². The fourth-order valence-electron chi connectivity index (χ4n) is 4.77. The minimum absolute atomic E-state index is 0.00751. The Balaban J connectivity index is 1.83. The Labute approximate surface area is 219 Å². The minimum Gasteiger partial charge on any atom is -0.465 e. The predicted octanol–water partition coefficient (Wildman–Crippen LogP) is 2.61. The van der Waals surface area contributed by atoms with E-state index in [2.05, 4.69) is 0 Å². The number of carbonyl (C=O) groups is 4. The van der Waals surface area contributed by atoms with Crippen molar-refractivity contribution >= 4 is 29.5 Å². The number of rotatable bonds is 7. The van der Waals surface area contributed by atoms with Crippen molar-refractivity contribution in [2.75, 3.05) is 18.6 Å². The topological polar surface area (TPSA) is 134 Å². The van der Waals surface area contributed by atoms with Crippen molar-refractivity contribution in [3.8, 4) is 0 Å². The molecule has 2 heterocycles. The van der Waals surface area contributed by atoms with Gasteiger partial charge in [-0.3, -0.25) is 14.5 Å². The molecule has 198 valence electrons. The van der Waals surface area contributed by atoms with Gasteiger partial charge >= 0.3 is 17.9 Å². The van der Waals surface area contributed by atoms with Crippen molar-refractivity contribution in [1.82, 2.24) is 0 Å². The Hall–Kier alpha value is -4.60. The van der Waals surface area contributed by atoms with Gasteiger partial charge in [0, 0.05) is 11.3 Å². The van der Waals surface area contributed by atoms with E-state index >= 15 is 0 Å². The predicted molar refractivity (Wildman–Crippen MR) is 135 cm³/mol. The van der Waals surface area contributed by atoms with Gasteiger partial charge in [0.2, 0.25) is 11.8 Å². The number of ether oxygens (including phenoxy) is 4. The normalized spacial score (nSPS) is 18.4. The van der Waals surface area contributed by atoms with Gasteiger partial charge in [0.15, 0.2) is 0 Å². The van der Waals surface area contributed by atoms with E-state index in [0.29, 0.717) is 5.69 Å². The van der Waals surface area contributed by atoms with Gasteiger partial charge in [0.1, 0.15) is 35.5 Å². The highest BCUT2D eigenvalue weighted by Gasteiger charge is 2.64. The number of fused-ring (bicyclic) bond motifs is 2. The summed E-state index contributed by atoms with van der Waals surface area (Å²) >= 11 is 0. The van der Waals surface area contributed by atoms with E-state index in [1.54, 1.807) is 50.2 Å². The van der Waals surface area contributed by atoms with Crippen LogP contribution >= 0.6 is 0 Å². The number of hydrogen-bond acceptors (Lipinski definition) is 9. The fraction of sp³-hybridized carbons (Fsp3) is 0.286. The number of allylic oxidation sites excluding steroid dienone is 1. The zero-order chi connectivity index (χ0) is 27.6. The second-order valence-corrected chi connectivity index (χ2v) is 9.02. The van der Waals surface area contributed by atoms with Gasteiger partial charge in [-0.2, -0.15) is 0 Å². The number of amides is 1. The number of anilines is 1. The minimum atomic E-state index is -2.07. The van der Waals surface area contributed by atoms with Crippen molar-refractivity contribution in [1.29, 1.82) is 0 Å². The molecule has 0 aromatic heterocycles. The van der Waals surface area contributed by atoms with Gasteiger partial charge in [0.25, 0.3) is 0 Å². The molecule has 1 atom stereocenters. The third-order valence-electron chi connectivity index (χ3n) is 6.24.